The molecule has 1 heterocycles. The highest BCUT2D eigenvalue weighted by molar-refractivity contribution is 5.96. The van der Waals surface area contributed by atoms with Gasteiger partial charge in [0.2, 0.25) is 0 Å². The van der Waals surface area contributed by atoms with E-state index in [1.54, 1.807) is 13.2 Å². The average Bonchev–Trinajstić information content (AvgIpc) is 2.75. The number of nitrogens with one attached hydrogen (secondary N) is 1. The first-order valence-electron chi connectivity index (χ1n) is 9.82. The van der Waals surface area contributed by atoms with Gasteiger partial charge in [0.25, 0.3) is 5.91 Å². The molecule has 0 aromatic heterocycles. The Hall–Kier alpha value is -2.73. The number of benzene rings is 2. The Labute approximate surface area is 167 Å². The van der Waals surface area contributed by atoms with Crippen LogP contribution in [0.15, 0.2) is 48.5 Å². The first kappa shape index (κ1) is 20.0. The second kappa shape index (κ2) is 9.99. The zero-order chi connectivity index (χ0) is 19.8. The summed E-state index contributed by atoms with van der Waals surface area (Å²) in [5.41, 5.74) is 1.81. The molecule has 0 saturated carbocycles. The number of ether oxygens (including phenoxy) is 2. The van der Waals surface area contributed by atoms with Gasteiger partial charge in [-0.3, -0.25) is 9.69 Å². The second-order valence-electron chi connectivity index (χ2n) is 6.71. The van der Waals surface area contributed by atoms with E-state index < -0.39 is 0 Å². The van der Waals surface area contributed by atoms with Gasteiger partial charge >= 0.3 is 0 Å². The molecule has 1 aliphatic heterocycles. The largest absolute Gasteiger partial charge is 0.497 e. The standard InChI is InChI=1S/C22H29N3O3/c1-3-28-21-7-5-4-6-20(21)22(26)23-12-13-24-14-16-25(17-15-24)18-8-10-19(27-2)11-9-18/h4-11H,3,12-17H2,1-2H3,(H,23,26). The number of rotatable bonds is 8. The molecule has 0 unspecified atom stereocenters. The zero-order valence-corrected chi connectivity index (χ0v) is 16.7. The monoisotopic (exact) mass is 383 g/mol. The van der Waals surface area contributed by atoms with Crippen LogP contribution in [0.4, 0.5) is 5.69 Å². The van der Waals surface area contributed by atoms with Crippen molar-refractivity contribution in [3.05, 3.63) is 54.1 Å². The number of hydrogen-bond acceptors (Lipinski definition) is 5. The lowest BCUT2D eigenvalue weighted by atomic mass is 10.2. The fourth-order valence-electron chi connectivity index (χ4n) is 3.38. The van der Waals surface area contributed by atoms with Crippen LogP contribution in [-0.2, 0) is 0 Å². The summed E-state index contributed by atoms with van der Waals surface area (Å²) < 4.78 is 10.8. The first-order chi connectivity index (χ1) is 13.7. The first-order valence-corrected chi connectivity index (χ1v) is 9.82. The molecule has 6 nitrogen and oxygen atoms in total. The van der Waals surface area contributed by atoms with Gasteiger partial charge in [-0.05, 0) is 43.3 Å². The van der Waals surface area contributed by atoms with Crippen LogP contribution < -0.4 is 19.7 Å². The molecule has 0 bridgehead atoms. The van der Waals surface area contributed by atoms with E-state index in [0.29, 0.717) is 24.5 Å². The van der Waals surface area contributed by atoms with Gasteiger partial charge in [0.15, 0.2) is 0 Å². The Kier molecular flexibility index (Phi) is 7.14. The van der Waals surface area contributed by atoms with Crippen molar-refractivity contribution in [3.63, 3.8) is 0 Å². The number of carbonyl (C=O) groups is 1. The molecule has 1 saturated heterocycles. The summed E-state index contributed by atoms with van der Waals surface area (Å²) >= 11 is 0. The maximum atomic E-state index is 12.4. The van der Waals surface area contributed by atoms with E-state index in [2.05, 4.69) is 27.2 Å². The predicted octanol–water partition coefficient (Wildman–Crippen LogP) is 2.65. The molecule has 0 radical (unpaired) electrons. The van der Waals surface area contributed by atoms with Crippen LogP contribution in [0.2, 0.25) is 0 Å². The van der Waals surface area contributed by atoms with Crippen LogP contribution in [-0.4, -0.2) is 63.8 Å². The quantitative estimate of drug-likeness (QED) is 0.760. The van der Waals surface area contributed by atoms with Gasteiger partial charge in [0.1, 0.15) is 11.5 Å². The second-order valence-corrected chi connectivity index (χ2v) is 6.71. The molecule has 3 rings (SSSR count). The third-order valence-electron chi connectivity index (χ3n) is 4.95. The van der Waals surface area contributed by atoms with Gasteiger partial charge in [-0.25, -0.2) is 0 Å². The van der Waals surface area contributed by atoms with Crippen molar-refractivity contribution in [1.29, 1.82) is 0 Å². The molecule has 1 aliphatic rings. The van der Waals surface area contributed by atoms with Gasteiger partial charge in [-0.15, -0.1) is 0 Å². The number of anilines is 1. The summed E-state index contributed by atoms with van der Waals surface area (Å²) in [5.74, 6) is 1.43. The van der Waals surface area contributed by atoms with E-state index in [1.807, 2.05) is 37.3 Å². The molecule has 0 spiro atoms. The highest BCUT2D eigenvalue weighted by atomic mass is 16.5. The highest BCUT2D eigenvalue weighted by Crippen LogP contribution is 2.20. The van der Waals surface area contributed by atoms with E-state index in [-0.39, 0.29) is 5.91 Å². The normalized spacial score (nSPS) is 14.6. The maximum Gasteiger partial charge on any atom is 0.255 e. The Morgan fingerprint density at radius 3 is 2.43 bits per heavy atom. The summed E-state index contributed by atoms with van der Waals surface area (Å²) in [4.78, 5) is 17.2. The topological polar surface area (TPSA) is 54.0 Å². The van der Waals surface area contributed by atoms with E-state index in [0.717, 1.165) is 38.5 Å². The van der Waals surface area contributed by atoms with Gasteiger partial charge in [0.05, 0.1) is 19.3 Å². The van der Waals surface area contributed by atoms with E-state index in [1.165, 1.54) is 5.69 Å². The molecule has 150 valence electrons. The lowest BCUT2D eigenvalue weighted by molar-refractivity contribution is 0.0944. The molecule has 2 aromatic rings. The number of nitrogens with zero attached hydrogens (tertiary/aromatic N) is 2. The number of para-hydroxylation sites is 1. The van der Waals surface area contributed by atoms with Crippen molar-refractivity contribution < 1.29 is 14.3 Å². The Balaban J connectivity index is 1.42. The van der Waals surface area contributed by atoms with Crippen LogP contribution in [0.25, 0.3) is 0 Å². The Bertz CT molecular complexity index is 756. The minimum atomic E-state index is -0.0825. The van der Waals surface area contributed by atoms with Crippen molar-refractivity contribution in [2.45, 2.75) is 6.92 Å². The molecular formula is C22H29N3O3. The minimum absolute atomic E-state index is 0.0825. The third kappa shape index (κ3) is 5.16. The third-order valence-corrected chi connectivity index (χ3v) is 4.95. The lowest BCUT2D eigenvalue weighted by Gasteiger charge is -2.36. The molecule has 1 N–H and O–H groups in total. The Morgan fingerprint density at radius 2 is 1.75 bits per heavy atom. The fraction of sp³-hybridized carbons (Fsp3) is 0.409. The summed E-state index contributed by atoms with van der Waals surface area (Å²) in [7, 11) is 1.68. The number of methoxy groups -OCH3 is 1. The molecular weight excluding hydrogens is 354 g/mol. The SMILES string of the molecule is CCOc1ccccc1C(=O)NCCN1CCN(c2ccc(OC)cc2)CC1. The molecule has 0 atom stereocenters. The molecule has 28 heavy (non-hydrogen) atoms. The number of hydrogen-bond donors (Lipinski definition) is 1. The molecule has 2 aromatic carbocycles. The van der Waals surface area contributed by atoms with Crippen molar-refractivity contribution in [2.24, 2.45) is 0 Å². The zero-order valence-electron chi connectivity index (χ0n) is 16.7. The van der Waals surface area contributed by atoms with Crippen LogP contribution in [0.5, 0.6) is 11.5 Å². The van der Waals surface area contributed by atoms with Gasteiger partial charge < -0.3 is 19.7 Å². The van der Waals surface area contributed by atoms with Gasteiger partial charge in [-0.2, -0.15) is 0 Å². The lowest BCUT2D eigenvalue weighted by Crippen LogP contribution is -2.48. The van der Waals surface area contributed by atoms with Crippen LogP contribution >= 0.6 is 0 Å². The van der Waals surface area contributed by atoms with Gasteiger partial charge in [-0.1, -0.05) is 12.1 Å². The highest BCUT2D eigenvalue weighted by Gasteiger charge is 2.18. The molecule has 1 fully saturated rings. The van der Waals surface area contributed by atoms with Crippen LogP contribution in [0.3, 0.4) is 0 Å². The van der Waals surface area contributed by atoms with Crippen molar-refractivity contribution >= 4 is 11.6 Å². The molecule has 1 amide bonds. The van der Waals surface area contributed by atoms with Crippen molar-refractivity contribution in [1.82, 2.24) is 10.2 Å². The van der Waals surface area contributed by atoms with Crippen molar-refractivity contribution in [2.75, 3.05) is 57.9 Å². The Morgan fingerprint density at radius 1 is 1.04 bits per heavy atom. The van der Waals surface area contributed by atoms with E-state index in [4.69, 9.17) is 9.47 Å². The fourth-order valence-corrected chi connectivity index (χ4v) is 3.38. The summed E-state index contributed by atoms with van der Waals surface area (Å²) in [5, 5.41) is 3.01. The minimum Gasteiger partial charge on any atom is -0.497 e. The molecule has 0 aliphatic carbocycles. The predicted molar refractivity (Wildman–Crippen MR) is 112 cm³/mol. The summed E-state index contributed by atoms with van der Waals surface area (Å²) in [6.45, 7) is 7.86. The average molecular weight is 383 g/mol. The van der Waals surface area contributed by atoms with Crippen LogP contribution in [0, 0.1) is 0 Å². The van der Waals surface area contributed by atoms with E-state index >= 15 is 0 Å². The van der Waals surface area contributed by atoms with E-state index in [9.17, 15) is 4.79 Å². The number of piperazine rings is 1. The molecule has 6 heteroatoms. The smallest absolute Gasteiger partial charge is 0.255 e. The number of carbonyl (C=O) groups excluding carboxylic acids is 1. The van der Waals surface area contributed by atoms with Crippen molar-refractivity contribution in [3.8, 4) is 11.5 Å². The summed E-state index contributed by atoms with van der Waals surface area (Å²) in [6.07, 6.45) is 0. The van der Waals surface area contributed by atoms with Gasteiger partial charge in [0, 0.05) is 45.0 Å². The van der Waals surface area contributed by atoms with Crippen LogP contribution in [0.1, 0.15) is 17.3 Å². The maximum absolute atomic E-state index is 12.4. The summed E-state index contributed by atoms with van der Waals surface area (Å²) in [6, 6.07) is 15.6. The number of amides is 1.